The Bertz CT molecular complexity index is 384. The standard InChI is InChI=1S/C12H22N2O2S/c1-12(2,3)10-17(15,16)14(9-8-13)11-6-4-5-7-11/h11H,4-7,9-10H2,1-3H3. The van der Waals surface area contributed by atoms with Gasteiger partial charge in [-0.05, 0) is 18.3 Å². The summed E-state index contributed by atoms with van der Waals surface area (Å²) in [7, 11) is -3.31. The first-order valence-electron chi connectivity index (χ1n) is 6.13. The van der Waals surface area contributed by atoms with Gasteiger partial charge in [-0.2, -0.15) is 9.57 Å². The van der Waals surface area contributed by atoms with Gasteiger partial charge in [-0.3, -0.25) is 0 Å². The average molecular weight is 258 g/mol. The Morgan fingerprint density at radius 2 is 1.82 bits per heavy atom. The van der Waals surface area contributed by atoms with E-state index >= 15 is 0 Å². The van der Waals surface area contributed by atoms with Gasteiger partial charge in [-0.15, -0.1) is 0 Å². The van der Waals surface area contributed by atoms with Gasteiger partial charge in [0.05, 0.1) is 11.8 Å². The fraction of sp³-hybridized carbons (Fsp3) is 0.917. The average Bonchev–Trinajstić information content (AvgIpc) is 2.62. The van der Waals surface area contributed by atoms with E-state index in [9.17, 15) is 8.42 Å². The third-order valence-corrected chi connectivity index (χ3v) is 5.30. The zero-order chi connectivity index (χ0) is 13.1. The summed E-state index contributed by atoms with van der Waals surface area (Å²) in [6.07, 6.45) is 3.92. The lowest BCUT2D eigenvalue weighted by Crippen LogP contribution is -2.42. The van der Waals surface area contributed by atoms with Crippen LogP contribution in [0, 0.1) is 16.7 Å². The van der Waals surface area contributed by atoms with Crippen LogP contribution in [0.1, 0.15) is 46.5 Å². The SMILES string of the molecule is CC(C)(C)CS(=O)(=O)N(CC#N)C1CCCC1. The van der Waals surface area contributed by atoms with E-state index < -0.39 is 10.0 Å². The van der Waals surface area contributed by atoms with Gasteiger partial charge >= 0.3 is 0 Å². The zero-order valence-corrected chi connectivity index (χ0v) is 11.8. The molecule has 0 unspecified atom stereocenters. The first kappa shape index (κ1) is 14.5. The molecular weight excluding hydrogens is 236 g/mol. The Labute approximate surface area is 105 Å². The highest BCUT2D eigenvalue weighted by Crippen LogP contribution is 2.28. The molecule has 0 N–H and O–H groups in total. The number of rotatable bonds is 4. The summed E-state index contributed by atoms with van der Waals surface area (Å²) < 4.78 is 26.0. The van der Waals surface area contributed by atoms with Crippen LogP contribution in [-0.4, -0.2) is 31.1 Å². The van der Waals surface area contributed by atoms with Gasteiger partial charge in [0.15, 0.2) is 0 Å². The van der Waals surface area contributed by atoms with Crippen LogP contribution >= 0.6 is 0 Å². The second-order valence-electron chi connectivity index (χ2n) is 5.96. The van der Waals surface area contributed by atoms with Crippen LogP contribution in [0.5, 0.6) is 0 Å². The van der Waals surface area contributed by atoms with Crippen molar-refractivity contribution in [1.29, 1.82) is 5.26 Å². The minimum atomic E-state index is -3.31. The fourth-order valence-corrected chi connectivity index (χ4v) is 4.53. The molecule has 0 spiro atoms. The molecule has 0 saturated heterocycles. The van der Waals surface area contributed by atoms with Crippen molar-refractivity contribution >= 4 is 10.0 Å². The maximum atomic E-state index is 12.3. The Hall–Kier alpha value is -0.600. The number of nitrogens with zero attached hydrogens (tertiary/aromatic N) is 2. The van der Waals surface area contributed by atoms with Gasteiger partial charge in [-0.1, -0.05) is 33.6 Å². The Balaban J connectivity index is 2.86. The highest BCUT2D eigenvalue weighted by atomic mass is 32.2. The molecular formula is C12H22N2O2S. The maximum Gasteiger partial charge on any atom is 0.215 e. The molecule has 4 nitrogen and oxygen atoms in total. The summed E-state index contributed by atoms with van der Waals surface area (Å²) in [5, 5.41) is 8.80. The van der Waals surface area contributed by atoms with Gasteiger partial charge in [0.2, 0.25) is 10.0 Å². The molecule has 0 radical (unpaired) electrons. The lowest BCUT2D eigenvalue weighted by atomic mass is 10.0. The molecule has 17 heavy (non-hydrogen) atoms. The van der Waals surface area contributed by atoms with E-state index in [0.29, 0.717) is 0 Å². The van der Waals surface area contributed by atoms with Crippen molar-refractivity contribution < 1.29 is 8.42 Å². The number of nitriles is 1. The molecule has 1 rings (SSSR count). The van der Waals surface area contributed by atoms with E-state index in [1.54, 1.807) is 0 Å². The third-order valence-electron chi connectivity index (χ3n) is 2.93. The predicted molar refractivity (Wildman–Crippen MR) is 67.8 cm³/mol. The summed E-state index contributed by atoms with van der Waals surface area (Å²) in [5.41, 5.74) is -0.273. The number of hydrogen-bond acceptors (Lipinski definition) is 3. The minimum absolute atomic E-state index is 0.0108. The van der Waals surface area contributed by atoms with Gasteiger partial charge < -0.3 is 0 Å². The molecule has 1 aliphatic rings. The van der Waals surface area contributed by atoms with Crippen molar-refractivity contribution in [2.24, 2.45) is 5.41 Å². The molecule has 98 valence electrons. The molecule has 0 amide bonds. The molecule has 1 fully saturated rings. The summed E-state index contributed by atoms with van der Waals surface area (Å²) in [5.74, 6) is 0.109. The van der Waals surface area contributed by atoms with Gasteiger partial charge in [0.25, 0.3) is 0 Å². The fourth-order valence-electron chi connectivity index (χ4n) is 2.35. The Morgan fingerprint density at radius 3 is 2.24 bits per heavy atom. The lowest BCUT2D eigenvalue weighted by molar-refractivity contribution is 0.339. The van der Waals surface area contributed by atoms with E-state index in [1.165, 1.54) is 4.31 Å². The molecule has 5 heteroatoms. The molecule has 0 heterocycles. The predicted octanol–water partition coefficient (Wildman–Crippen LogP) is 2.13. The topological polar surface area (TPSA) is 61.2 Å². The van der Waals surface area contributed by atoms with Crippen LogP contribution in [0.3, 0.4) is 0 Å². The second-order valence-corrected chi connectivity index (χ2v) is 7.88. The summed E-state index contributed by atoms with van der Waals surface area (Å²) in [6.45, 7) is 5.71. The summed E-state index contributed by atoms with van der Waals surface area (Å²) in [6, 6.07) is 2.03. The quantitative estimate of drug-likeness (QED) is 0.726. The highest BCUT2D eigenvalue weighted by molar-refractivity contribution is 7.89. The monoisotopic (exact) mass is 258 g/mol. The van der Waals surface area contributed by atoms with Crippen molar-refractivity contribution in [3.63, 3.8) is 0 Å². The highest BCUT2D eigenvalue weighted by Gasteiger charge is 2.34. The molecule has 1 aliphatic carbocycles. The van der Waals surface area contributed by atoms with Crippen LogP contribution in [0.4, 0.5) is 0 Å². The number of hydrogen-bond donors (Lipinski definition) is 0. The van der Waals surface area contributed by atoms with Crippen molar-refractivity contribution in [2.45, 2.75) is 52.5 Å². The van der Waals surface area contributed by atoms with Crippen molar-refractivity contribution in [1.82, 2.24) is 4.31 Å². The molecule has 0 aromatic rings. The van der Waals surface area contributed by atoms with Gasteiger partial charge in [-0.25, -0.2) is 8.42 Å². The summed E-state index contributed by atoms with van der Waals surface area (Å²) >= 11 is 0. The van der Waals surface area contributed by atoms with Crippen LogP contribution in [0.25, 0.3) is 0 Å². The van der Waals surface area contributed by atoms with E-state index in [-0.39, 0.29) is 23.8 Å². The van der Waals surface area contributed by atoms with Gasteiger partial charge in [0.1, 0.15) is 6.54 Å². The normalized spacial score (nSPS) is 18.5. The van der Waals surface area contributed by atoms with Crippen LogP contribution in [-0.2, 0) is 10.0 Å². The smallest absolute Gasteiger partial charge is 0.212 e. The molecule has 0 atom stereocenters. The minimum Gasteiger partial charge on any atom is -0.212 e. The Morgan fingerprint density at radius 1 is 1.29 bits per heavy atom. The summed E-state index contributed by atoms with van der Waals surface area (Å²) in [4.78, 5) is 0. The zero-order valence-electron chi connectivity index (χ0n) is 10.9. The molecule has 0 aromatic heterocycles. The molecule has 0 aliphatic heterocycles. The van der Waals surface area contributed by atoms with E-state index in [4.69, 9.17) is 5.26 Å². The first-order valence-corrected chi connectivity index (χ1v) is 7.74. The third kappa shape index (κ3) is 4.29. The maximum absolute atomic E-state index is 12.3. The van der Waals surface area contributed by atoms with Gasteiger partial charge in [0, 0.05) is 6.04 Å². The van der Waals surface area contributed by atoms with Crippen molar-refractivity contribution in [2.75, 3.05) is 12.3 Å². The van der Waals surface area contributed by atoms with Crippen LogP contribution in [0.2, 0.25) is 0 Å². The number of sulfonamides is 1. The second kappa shape index (κ2) is 5.36. The van der Waals surface area contributed by atoms with E-state index in [1.807, 2.05) is 26.8 Å². The molecule has 1 saturated carbocycles. The largest absolute Gasteiger partial charge is 0.215 e. The van der Waals surface area contributed by atoms with Crippen molar-refractivity contribution in [3.8, 4) is 6.07 Å². The molecule has 0 aromatic carbocycles. The van der Waals surface area contributed by atoms with E-state index in [0.717, 1.165) is 25.7 Å². The van der Waals surface area contributed by atoms with Crippen LogP contribution < -0.4 is 0 Å². The van der Waals surface area contributed by atoms with Crippen LogP contribution in [0.15, 0.2) is 0 Å². The first-order chi connectivity index (χ1) is 7.76. The van der Waals surface area contributed by atoms with Crippen molar-refractivity contribution in [3.05, 3.63) is 0 Å². The molecule has 0 bridgehead atoms. The lowest BCUT2D eigenvalue weighted by Gasteiger charge is -2.29. The Kier molecular flexibility index (Phi) is 4.56. The van der Waals surface area contributed by atoms with E-state index in [2.05, 4.69) is 0 Å².